The molecule has 0 aliphatic carbocycles. The first-order valence-corrected chi connectivity index (χ1v) is 13.4. The van der Waals surface area contributed by atoms with Crippen LogP contribution in [0.1, 0.15) is 19.4 Å². The average molecular weight is 520 g/mol. The van der Waals surface area contributed by atoms with E-state index in [2.05, 4.69) is 57.1 Å². The zero-order valence-electron chi connectivity index (χ0n) is 20.1. The molecule has 0 saturated heterocycles. The number of nitrogens with zero attached hydrogens (tertiary/aromatic N) is 4. The van der Waals surface area contributed by atoms with E-state index < -0.39 is 0 Å². The van der Waals surface area contributed by atoms with Gasteiger partial charge < -0.3 is 14.8 Å². The third kappa shape index (κ3) is 4.87. The summed E-state index contributed by atoms with van der Waals surface area (Å²) < 4.78 is 13.1. The van der Waals surface area contributed by atoms with Crippen LogP contribution in [0.4, 0.5) is 5.69 Å². The van der Waals surface area contributed by atoms with Crippen molar-refractivity contribution < 1.29 is 14.3 Å². The Bertz CT molecular complexity index is 1530. The van der Waals surface area contributed by atoms with E-state index in [1.54, 1.807) is 29.8 Å². The largest absolute Gasteiger partial charge is 0.494 e. The van der Waals surface area contributed by atoms with Crippen molar-refractivity contribution in [2.75, 3.05) is 24.3 Å². The molecular weight excluding hydrogens is 494 g/mol. The van der Waals surface area contributed by atoms with Gasteiger partial charge in [-0.15, -0.1) is 21.5 Å². The van der Waals surface area contributed by atoms with Crippen LogP contribution in [0.15, 0.2) is 59.3 Å². The maximum absolute atomic E-state index is 12.8. The monoisotopic (exact) mass is 519 g/mol. The molecule has 10 heteroatoms. The van der Waals surface area contributed by atoms with Crippen LogP contribution in [0.2, 0.25) is 0 Å². The summed E-state index contributed by atoms with van der Waals surface area (Å²) in [6.07, 6.45) is 1.71. The second kappa shape index (κ2) is 10.5. The molecule has 0 spiro atoms. The van der Waals surface area contributed by atoms with Gasteiger partial charge >= 0.3 is 0 Å². The van der Waals surface area contributed by atoms with Crippen molar-refractivity contribution in [3.05, 3.63) is 59.7 Å². The predicted molar refractivity (Wildman–Crippen MR) is 144 cm³/mol. The molecule has 184 valence electrons. The summed E-state index contributed by atoms with van der Waals surface area (Å²) in [6, 6.07) is 13.8. The van der Waals surface area contributed by atoms with E-state index in [-0.39, 0.29) is 11.7 Å². The smallest absolute Gasteiger partial charge is 0.234 e. The highest BCUT2D eigenvalue weighted by Crippen LogP contribution is 2.36. The molecule has 36 heavy (non-hydrogen) atoms. The zero-order chi connectivity index (χ0) is 25.1. The molecule has 0 saturated carbocycles. The van der Waals surface area contributed by atoms with E-state index in [1.165, 1.54) is 17.3 Å². The Labute approximate surface area is 216 Å². The Hall–Kier alpha value is -3.63. The van der Waals surface area contributed by atoms with Gasteiger partial charge in [-0.3, -0.25) is 9.20 Å². The fourth-order valence-corrected chi connectivity index (χ4v) is 5.44. The number of thiophene rings is 1. The van der Waals surface area contributed by atoms with Crippen molar-refractivity contribution in [1.29, 1.82) is 0 Å². The highest BCUT2D eigenvalue weighted by Gasteiger charge is 2.17. The lowest BCUT2D eigenvalue weighted by Gasteiger charge is -2.13. The van der Waals surface area contributed by atoms with Gasteiger partial charge in [0, 0.05) is 17.0 Å². The Balaban J connectivity index is 1.37. The van der Waals surface area contributed by atoms with E-state index in [0.29, 0.717) is 35.6 Å². The number of nitrogens with one attached hydrogen (secondary N) is 1. The van der Waals surface area contributed by atoms with Gasteiger partial charge in [-0.05, 0) is 38.5 Å². The average Bonchev–Trinajstić information content (AvgIpc) is 3.49. The number of benzene rings is 2. The number of thioether (sulfide) groups is 1. The van der Waals surface area contributed by atoms with E-state index >= 15 is 0 Å². The summed E-state index contributed by atoms with van der Waals surface area (Å²) in [7, 11) is 0. The summed E-state index contributed by atoms with van der Waals surface area (Å²) >= 11 is 2.88. The first-order chi connectivity index (χ1) is 17.6. The standard InChI is InChI=1S/C26H25N5O3S2/c1-4-33-18-10-11-21(34-5-2)20(12-18)28-22(32)14-36-26-30-29-24-23-19(17-8-6-16(3)7-9-17)13-35-25(23)27-15-31(24)26/h6-13,15H,4-5,14H2,1-3H3,(H,28,32). The third-order valence-corrected chi connectivity index (χ3v) is 7.31. The first-order valence-electron chi connectivity index (χ1n) is 11.6. The van der Waals surface area contributed by atoms with Crippen LogP contribution in [0.3, 0.4) is 0 Å². The highest BCUT2D eigenvalue weighted by atomic mass is 32.2. The summed E-state index contributed by atoms with van der Waals surface area (Å²) in [5, 5.41) is 15.4. The second-order valence-corrected chi connectivity index (χ2v) is 9.78. The van der Waals surface area contributed by atoms with E-state index in [1.807, 2.05) is 24.3 Å². The molecule has 0 aliphatic heterocycles. The van der Waals surface area contributed by atoms with Gasteiger partial charge in [0.15, 0.2) is 10.8 Å². The number of rotatable bonds is 9. The summed E-state index contributed by atoms with van der Waals surface area (Å²) in [6.45, 7) is 6.91. The Morgan fingerprint density at radius 1 is 1.08 bits per heavy atom. The molecule has 0 radical (unpaired) electrons. The minimum atomic E-state index is -0.184. The van der Waals surface area contributed by atoms with Crippen LogP contribution in [0.25, 0.3) is 27.0 Å². The summed E-state index contributed by atoms with van der Waals surface area (Å²) in [5.74, 6) is 1.23. The minimum Gasteiger partial charge on any atom is -0.494 e. The Morgan fingerprint density at radius 3 is 2.67 bits per heavy atom. The Morgan fingerprint density at radius 2 is 1.89 bits per heavy atom. The second-order valence-electron chi connectivity index (χ2n) is 7.98. The number of anilines is 1. The van der Waals surface area contributed by atoms with Gasteiger partial charge in [0.1, 0.15) is 22.7 Å². The molecule has 1 amide bonds. The molecule has 3 aromatic heterocycles. The quantitative estimate of drug-likeness (QED) is 0.245. The van der Waals surface area contributed by atoms with Crippen molar-refractivity contribution in [2.45, 2.75) is 25.9 Å². The Kier molecular flexibility index (Phi) is 7.06. The first kappa shape index (κ1) is 24.1. The lowest BCUT2D eigenvalue weighted by Crippen LogP contribution is -2.15. The van der Waals surface area contributed by atoms with Gasteiger partial charge in [-0.25, -0.2) is 4.98 Å². The van der Waals surface area contributed by atoms with Gasteiger partial charge in [-0.2, -0.15) is 0 Å². The molecule has 0 fully saturated rings. The molecule has 0 unspecified atom stereocenters. The fourth-order valence-electron chi connectivity index (χ4n) is 3.83. The van der Waals surface area contributed by atoms with E-state index in [0.717, 1.165) is 27.0 Å². The van der Waals surface area contributed by atoms with Crippen molar-refractivity contribution in [1.82, 2.24) is 19.6 Å². The maximum atomic E-state index is 12.8. The number of fused-ring (bicyclic) bond motifs is 3. The normalized spacial score (nSPS) is 11.2. The zero-order valence-corrected chi connectivity index (χ0v) is 21.8. The van der Waals surface area contributed by atoms with Crippen LogP contribution in [-0.4, -0.2) is 44.5 Å². The van der Waals surface area contributed by atoms with Crippen molar-refractivity contribution in [3.63, 3.8) is 0 Å². The van der Waals surface area contributed by atoms with Gasteiger partial charge in [0.05, 0.1) is 30.0 Å². The molecular formula is C26H25N5O3S2. The van der Waals surface area contributed by atoms with E-state index in [9.17, 15) is 4.79 Å². The molecule has 3 heterocycles. The number of aromatic nitrogens is 4. The summed E-state index contributed by atoms with van der Waals surface area (Å²) in [5.41, 5.74) is 4.69. The van der Waals surface area contributed by atoms with Crippen LogP contribution in [0.5, 0.6) is 11.5 Å². The van der Waals surface area contributed by atoms with Crippen LogP contribution >= 0.6 is 23.1 Å². The molecule has 0 bridgehead atoms. The van der Waals surface area contributed by atoms with Crippen LogP contribution < -0.4 is 14.8 Å². The fraction of sp³-hybridized carbons (Fsp3) is 0.231. The van der Waals surface area contributed by atoms with Crippen LogP contribution in [0, 0.1) is 6.92 Å². The van der Waals surface area contributed by atoms with Gasteiger partial charge in [0.25, 0.3) is 0 Å². The number of ether oxygens (including phenoxy) is 2. The molecule has 8 nitrogen and oxygen atoms in total. The molecule has 5 rings (SSSR count). The number of hydrogen-bond donors (Lipinski definition) is 1. The lowest BCUT2D eigenvalue weighted by atomic mass is 10.0. The molecule has 1 N–H and O–H groups in total. The van der Waals surface area contributed by atoms with Crippen molar-refractivity contribution in [3.8, 4) is 22.6 Å². The molecule has 0 atom stereocenters. The number of hydrogen-bond acceptors (Lipinski definition) is 8. The van der Waals surface area contributed by atoms with Crippen molar-refractivity contribution in [2.24, 2.45) is 0 Å². The third-order valence-electron chi connectivity index (χ3n) is 5.48. The minimum absolute atomic E-state index is 0.151. The van der Waals surface area contributed by atoms with Crippen molar-refractivity contribution >= 4 is 50.6 Å². The molecule has 0 aliphatic rings. The number of amides is 1. The number of aryl methyl sites for hydroxylation is 1. The number of carbonyl (C=O) groups is 1. The lowest BCUT2D eigenvalue weighted by molar-refractivity contribution is -0.113. The predicted octanol–water partition coefficient (Wildman–Crippen LogP) is 5.84. The van der Waals surface area contributed by atoms with E-state index in [4.69, 9.17) is 9.47 Å². The maximum Gasteiger partial charge on any atom is 0.234 e. The van der Waals surface area contributed by atoms with Gasteiger partial charge in [-0.1, -0.05) is 41.6 Å². The summed E-state index contributed by atoms with van der Waals surface area (Å²) in [4.78, 5) is 18.3. The number of carbonyl (C=O) groups excluding carboxylic acids is 1. The topological polar surface area (TPSA) is 90.6 Å². The van der Waals surface area contributed by atoms with Crippen LogP contribution in [-0.2, 0) is 4.79 Å². The highest BCUT2D eigenvalue weighted by molar-refractivity contribution is 7.99. The SMILES string of the molecule is CCOc1ccc(OCC)c(NC(=O)CSc2nnc3c4c(-c5ccc(C)cc5)csc4ncn23)c1. The van der Waals surface area contributed by atoms with Gasteiger partial charge in [0.2, 0.25) is 5.91 Å². The molecule has 5 aromatic rings. The molecule has 2 aromatic carbocycles.